The molecule has 0 unspecified atom stereocenters. The Morgan fingerprint density at radius 2 is 2.46 bits per heavy atom. The number of aliphatic carboxylic acids is 1. The fourth-order valence-electron chi connectivity index (χ4n) is 0.771. The molecule has 0 saturated carbocycles. The van der Waals surface area contributed by atoms with E-state index >= 15 is 0 Å². The first-order valence-corrected chi connectivity index (χ1v) is 3.78. The average molecular weight is 186 g/mol. The van der Waals surface area contributed by atoms with Crippen LogP contribution in [0.25, 0.3) is 0 Å². The molecular weight excluding hydrogens is 176 g/mol. The summed E-state index contributed by atoms with van der Waals surface area (Å²) in [5.41, 5.74) is 0. The smallest absolute Gasteiger partial charge is 0.325 e. The number of tetrazole rings is 1. The Balaban J connectivity index is 2.60. The Morgan fingerprint density at radius 1 is 1.69 bits per heavy atom. The lowest BCUT2D eigenvalue weighted by atomic mass is 10.6. The molecule has 0 amide bonds. The van der Waals surface area contributed by atoms with Crippen molar-refractivity contribution in [1.82, 2.24) is 20.2 Å². The normalized spacial score (nSPS) is 10.2. The Hall–Kier alpha value is -1.50. The number of ether oxygens (including phenoxy) is 1. The second kappa shape index (κ2) is 4.51. The summed E-state index contributed by atoms with van der Waals surface area (Å²) in [6, 6.07) is 0. The van der Waals surface area contributed by atoms with Gasteiger partial charge in [0.25, 0.3) is 0 Å². The molecule has 1 heterocycles. The van der Waals surface area contributed by atoms with Crippen LogP contribution in [0.2, 0.25) is 0 Å². The Bertz CT molecular complexity index is 285. The van der Waals surface area contributed by atoms with Crippen molar-refractivity contribution in [1.29, 1.82) is 0 Å². The van der Waals surface area contributed by atoms with Gasteiger partial charge in [0.05, 0.1) is 0 Å². The van der Waals surface area contributed by atoms with Gasteiger partial charge in [0.2, 0.25) is 0 Å². The van der Waals surface area contributed by atoms with Gasteiger partial charge < -0.3 is 9.84 Å². The van der Waals surface area contributed by atoms with Crippen LogP contribution >= 0.6 is 0 Å². The molecule has 1 aromatic rings. The topological polar surface area (TPSA) is 90.1 Å². The van der Waals surface area contributed by atoms with Gasteiger partial charge in [0.1, 0.15) is 13.2 Å². The van der Waals surface area contributed by atoms with Crippen LogP contribution in [0.15, 0.2) is 0 Å². The maximum absolute atomic E-state index is 10.3. The molecule has 0 saturated heterocycles. The molecule has 7 heteroatoms. The highest BCUT2D eigenvalue weighted by Crippen LogP contribution is 1.94. The third kappa shape index (κ3) is 2.79. The molecule has 0 atom stereocenters. The van der Waals surface area contributed by atoms with E-state index < -0.39 is 5.97 Å². The van der Waals surface area contributed by atoms with Gasteiger partial charge in [0, 0.05) is 6.61 Å². The zero-order valence-corrected chi connectivity index (χ0v) is 7.17. The molecule has 7 nitrogen and oxygen atoms in total. The van der Waals surface area contributed by atoms with Crippen molar-refractivity contribution in [2.75, 3.05) is 6.61 Å². The summed E-state index contributed by atoms with van der Waals surface area (Å²) in [7, 11) is 0. The summed E-state index contributed by atoms with van der Waals surface area (Å²) in [5, 5.41) is 18.9. The molecule has 1 aromatic heterocycles. The van der Waals surface area contributed by atoms with Crippen molar-refractivity contribution in [3.8, 4) is 0 Å². The van der Waals surface area contributed by atoms with Crippen LogP contribution in [0.3, 0.4) is 0 Å². The van der Waals surface area contributed by atoms with Crippen LogP contribution in [0, 0.1) is 0 Å². The Morgan fingerprint density at radius 3 is 3.08 bits per heavy atom. The summed E-state index contributed by atoms with van der Waals surface area (Å²) in [6.45, 7) is 2.37. The van der Waals surface area contributed by atoms with E-state index in [1.54, 1.807) is 0 Å². The van der Waals surface area contributed by atoms with Crippen molar-refractivity contribution in [3.05, 3.63) is 5.82 Å². The first-order valence-electron chi connectivity index (χ1n) is 3.78. The van der Waals surface area contributed by atoms with Crippen molar-refractivity contribution in [2.45, 2.75) is 20.1 Å². The largest absolute Gasteiger partial charge is 0.480 e. The molecule has 0 aromatic carbocycles. The number of aromatic nitrogens is 4. The minimum Gasteiger partial charge on any atom is -0.480 e. The van der Waals surface area contributed by atoms with Crippen molar-refractivity contribution in [2.24, 2.45) is 0 Å². The van der Waals surface area contributed by atoms with Crippen LogP contribution in [0.1, 0.15) is 12.7 Å². The second-order valence-corrected chi connectivity index (χ2v) is 2.28. The molecule has 1 rings (SSSR count). The molecule has 0 aliphatic carbocycles. The zero-order chi connectivity index (χ0) is 9.68. The number of carboxylic acids is 1. The van der Waals surface area contributed by atoms with E-state index in [4.69, 9.17) is 9.84 Å². The first kappa shape index (κ1) is 9.59. The van der Waals surface area contributed by atoms with Crippen LogP contribution in [0.5, 0.6) is 0 Å². The average Bonchev–Trinajstić information content (AvgIpc) is 2.48. The van der Waals surface area contributed by atoms with Crippen LogP contribution in [-0.4, -0.2) is 37.9 Å². The minimum absolute atomic E-state index is 0.233. The van der Waals surface area contributed by atoms with E-state index in [0.717, 1.165) is 0 Å². The number of hydrogen-bond donors (Lipinski definition) is 1. The quantitative estimate of drug-likeness (QED) is 0.653. The van der Waals surface area contributed by atoms with Gasteiger partial charge in [-0.05, 0) is 17.4 Å². The van der Waals surface area contributed by atoms with Crippen molar-refractivity contribution in [3.63, 3.8) is 0 Å². The molecule has 0 aliphatic rings. The fraction of sp³-hybridized carbons (Fsp3) is 0.667. The number of nitrogens with zero attached hydrogens (tertiary/aromatic N) is 4. The van der Waals surface area contributed by atoms with E-state index in [1.165, 1.54) is 4.68 Å². The molecule has 0 bridgehead atoms. The SMILES string of the molecule is CCOCc1nnnn1CC(=O)O. The first-order chi connectivity index (χ1) is 6.24. The van der Waals surface area contributed by atoms with Gasteiger partial charge in [-0.15, -0.1) is 5.10 Å². The number of rotatable bonds is 5. The molecule has 13 heavy (non-hydrogen) atoms. The Labute approximate surface area is 74.3 Å². The Kier molecular flexibility index (Phi) is 3.32. The summed E-state index contributed by atoms with van der Waals surface area (Å²) in [5.74, 6) is -0.561. The second-order valence-electron chi connectivity index (χ2n) is 2.28. The van der Waals surface area contributed by atoms with Gasteiger partial charge >= 0.3 is 5.97 Å². The lowest BCUT2D eigenvalue weighted by Gasteiger charge is -2.00. The zero-order valence-electron chi connectivity index (χ0n) is 7.17. The predicted molar refractivity (Wildman–Crippen MR) is 40.8 cm³/mol. The molecule has 1 N–H and O–H groups in total. The maximum atomic E-state index is 10.3. The highest BCUT2D eigenvalue weighted by atomic mass is 16.5. The minimum atomic E-state index is -0.981. The van der Waals surface area contributed by atoms with E-state index in [2.05, 4.69) is 15.5 Å². The van der Waals surface area contributed by atoms with E-state index in [1.807, 2.05) is 6.92 Å². The molecular formula is C6H10N4O3. The standard InChI is InChI=1S/C6H10N4O3/c1-2-13-4-5-7-8-9-10(5)3-6(11)12/h2-4H2,1H3,(H,11,12). The van der Waals surface area contributed by atoms with Crippen LogP contribution in [0.4, 0.5) is 0 Å². The third-order valence-electron chi connectivity index (χ3n) is 1.33. The van der Waals surface area contributed by atoms with Gasteiger partial charge in [-0.3, -0.25) is 4.79 Å². The fourth-order valence-corrected chi connectivity index (χ4v) is 0.771. The molecule has 0 fully saturated rings. The molecule has 0 spiro atoms. The summed E-state index contributed by atoms with van der Waals surface area (Å²) in [4.78, 5) is 10.3. The van der Waals surface area contributed by atoms with E-state index in [-0.39, 0.29) is 13.2 Å². The predicted octanol–water partition coefficient (Wildman–Crippen LogP) is -0.706. The summed E-state index contributed by atoms with van der Waals surface area (Å²) >= 11 is 0. The van der Waals surface area contributed by atoms with Crippen molar-refractivity contribution < 1.29 is 14.6 Å². The molecule has 0 aliphatic heterocycles. The van der Waals surface area contributed by atoms with Gasteiger partial charge in [0.15, 0.2) is 5.82 Å². The summed E-state index contributed by atoms with van der Waals surface area (Å²) < 4.78 is 6.24. The lowest BCUT2D eigenvalue weighted by Crippen LogP contribution is -2.14. The highest BCUT2D eigenvalue weighted by Gasteiger charge is 2.08. The van der Waals surface area contributed by atoms with Crippen LogP contribution in [-0.2, 0) is 22.7 Å². The van der Waals surface area contributed by atoms with Gasteiger partial charge in [-0.1, -0.05) is 0 Å². The van der Waals surface area contributed by atoms with E-state index in [0.29, 0.717) is 12.4 Å². The maximum Gasteiger partial charge on any atom is 0.325 e. The van der Waals surface area contributed by atoms with Crippen LogP contribution < -0.4 is 0 Å². The van der Waals surface area contributed by atoms with Crippen molar-refractivity contribution >= 4 is 5.97 Å². The number of carboxylic acid groups (broad SMARTS) is 1. The molecule has 0 radical (unpaired) electrons. The van der Waals surface area contributed by atoms with Gasteiger partial charge in [-0.25, -0.2) is 4.68 Å². The van der Waals surface area contributed by atoms with E-state index in [9.17, 15) is 4.79 Å². The number of hydrogen-bond acceptors (Lipinski definition) is 5. The monoisotopic (exact) mass is 186 g/mol. The molecule has 72 valence electrons. The number of carbonyl (C=O) groups is 1. The lowest BCUT2D eigenvalue weighted by molar-refractivity contribution is -0.138. The highest BCUT2D eigenvalue weighted by molar-refractivity contribution is 5.66. The van der Waals surface area contributed by atoms with Gasteiger partial charge in [-0.2, -0.15) is 0 Å². The summed E-state index contributed by atoms with van der Waals surface area (Å²) in [6.07, 6.45) is 0. The third-order valence-corrected chi connectivity index (χ3v) is 1.33.